The van der Waals surface area contributed by atoms with Gasteiger partial charge in [0.15, 0.2) is 0 Å². The van der Waals surface area contributed by atoms with Crippen molar-refractivity contribution < 1.29 is 14.1 Å². The molecule has 1 aromatic heterocycles. The Bertz CT molecular complexity index is 492. The summed E-state index contributed by atoms with van der Waals surface area (Å²) in [6, 6.07) is 0. The Morgan fingerprint density at radius 3 is 2.52 bits per heavy atom. The third kappa shape index (κ3) is 2.84. The second-order valence-electron chi connectivity index (χ2n) is 6.45. The monoisotopic (exact) mass is 292 g/mol. The zero-order chi connectivity index (χ0) is 15.0. The van der Waals surface area contributed by atoms with E-state index in [1.807, 2.05) is 18.7 Å². The molecule has 3 atom stereocenters. The molecule has 0 bridgehead atoms. The number of amides is 1. The molecule has 0 spiro atoms. The molecule has 0 N–H and O–H groups in total. The second kappa shape index (κ2) is 5.79. The van der Waals surface area contributed by atoms with Crippen molar-refractivity contribution in [2.45, 2.75) is 45.6 Å². The predicted octanol–water partition coefficient (Wildman–Crippen LogP) is 2.11. The molecule has 1 aliphatic carbocycles. The molecule has 1 saturated carbocycles. The number of aromatic nitrogens is 1. The van der Waals surface area contributed by atoms with E-state index in [-0.39, 0.29) is 5.91 Å². The third-order valence-electron chi connectivity index (χ3n) is 5.16. The Morgan fingerprint density at radius 1 is 1.33 bits per heavy atom. The van der Waals surface area contributed by atoms with Crippen LogP contribution < -0.4 is 0 Å². The summed E-state index contributed by atoms with van der Waals surface area (Å²) in [7, 11) is 1.79. The van der Waals surface area contributed by atoms with Crippen LogP contribution in [-0.2, 0) is 16.0 Å². The molecule has 21 heavy (non-hydrogen) atoms. The highest BCUT2D eigenvalue weighted by Gasteiger charge is 2.42. The van der Waals surface area contributed by atoms with Gasteiger partial charge in [-0.05, 0) is 44.9 Å². The number of fused-ring (bicyclic) bond motifs is 1. The number of hydrogen-bond acceptors (Lipinski definition) is 4. The van der Waals surface area contributed by atoms with Crippen molar-refractivity contribution >= 4 is 5.91 Å². The number of nitrogens with zero attached hydrogens (tertiary/aromatic N) is 2. The Kier molecular flexibility index (Phi) is 4.02. The van der Waals surface area contributed by atoms with Crippen LogP contribution in [0, 0.1) is 25.7 Å². The van der Waals surface area contributed by atoms with Gasteiger partial charge >= 0.3 is 0 Å². The van der Waals surface area contributed by atoms with Crippen molar-refractivity contribution in [2.75, 3.05) is 20.2 Å². The van der Waals surface area contributed by atoms with Gasteiger partial charge in [-0.15, -0.1) is 0 Å². The van der Waals surface area contributed by atoms with Gasteiger partial charge in [0.25, 0.3) is 0 Å². The quantitative estimate of drug-likeness (QED) is 0.853. The van der Waals surface area contributed by atoms with Gasteiger partial charge in [0, 0.05) is 32.2 Å². The standard InChI is InChI=1S/C16H24N2O3/c1-10-15(11(2)21-17-10)4-5-16(19)18-8-12-6-14(20-3)7-13(12)9-18/h12-14H,4-9H2,1-3H3/t12-,13+,14?. The molecule has 2 aliphatic rings. The van der Waals surface area contributed by atoms with Gasteiger partial charge in [-0.3, -0.25) is 4.79 Å². The maximum absolute atomic E-state index is 12.4. The van der Waals surface area contributed by atoms with E-state index in [0.717, 1.165) is 49.4 Å². The van der Waals surface area contributed by atoms with Crippen molar-refractivity contribution in [3.05, 3.63) is 17.0 Å². The first-order valence-corrected chi connectivity index (χ1v) is 7.80. The number of rotatable bonds is 4. The summed E-state index contributed by atoms with van der Waals surface area (Å²) in [5, 5.41) is 3.94. The molecule has 1 unspecified atom stereocenters. The van der Waals surface area contributed by atoms with Crippen LogP contribution in [0.2, 0.25) is 0 Å². The van der Waals surface area contributed by atoms with Gasteiger partial charge in [-0.1, -0.05) is 5.16 Å². The molecule has 5 nitrogen and oxygen atoms in total. The minimum Gasteiger partial charge on any atom is -0.381 e. The highest BCUT2D eigenvalue weighted by Crippen LogP contribution is 2.39. The molecular weight excluding hydrogens is 268 g/mol. The fraction of sp³-hybridized carbons (Fsp3) is 0.750. The number of likely N-dealkylation sites (tertiary alicyclic amines) is 1. The summed E-state index contributed by atoms with van der Waals surface area (Å²) in [6.45, 7) is 5.66. The maximum atomic E-state index is 12.4. The Hall–Kier alpha value is -1.36. The van der Waals surface area contributed by atoms with E-state index in [1.54, 1.807) is 7.11 Å². The zero-order valence-electron chi connectivity index (χ0n) is 13.1. The van der Waals surface area contributed by atoms with E-state index in [1.165, 1.54) is 0 Å². The summed E-state index contributed by atoms with van der Waals surface area (Å²) in [4.78, 5) is 14.4. The average molecular weight is 292 g/mol. The van der Waals surface area contributed by atoms with Crippen LogP contribution in [0.25, 0.3) is 0 Å². The van der Waals surface area contributed by atoms with E-state index in [4.69, 9.17) is 9.26 Å². The van der Waals surface area contributed by atoms with Crippen molar-refractivity contribution in [1.82, 2.24) is 10.1 Å². The lowest BCUT2D eigenvalue weighted by atomic mass is 10.0. The number of ether oxygens (including phenoxy) is 1. The van der Waals surface area contributed by atoms with Gasteiger partial charge in [-0.2, -0.15) is 0 Å². The first-order chi connectivity index (χ1) is 10.1. The number of carbonyl (C=O) groups excluding carboxylic acids is 1. The van der Waals surface area contributed by atoms with E-state index >= 15 is 0 Å². The summed E-state index contributed by atoms with van der Waals surface area (Å²) in [5.74, 6) is 2.37. The van der Waals surface area contributed by atoms with Crippen molar-refractivity contribution in [2.24, 2.45) is 11.8 Å². The Labute approximate surface area is 125 Å². The molecule has 5 heteroatoms. The summed E-state index contributed by atoms with van der Waals surface area (Å²) >= 11 is 0. The molecule has 1 aromatic rings. The minimum absolute atomic E-state index is 0.262. The molecule has 3 rings (SSSR count). The lowest BCUT2D eigenvalue weighted by Gasteiger charge is -2.19. The third-order valence-corrected chi connectivity index (χ3v) is 5.16. The van der Waals surface area contributed by atoms with E-state index in [2.05, 4.69) is 5.16 Å². The van der Waals surface area contributed by atoms with E-state index < -0.39 is 0 Å². The molecular formula is C16H24N2O3. The molecule has 1 saturated heterocycles. The highest BCUT2D eigenvalue weighted by molar-refractivity contribution is 5.76. The largest absolute Gasteiger partial charge is 0.381 e. The van der Waals surface area contributed by atoms with Crippen LogP contribution in [0.5, 0.6) is 0 Å². The number of carbonyl (C=O) groups is 1. The highest BCUT2D eigenvalue weighted by atomic mass is 16.5. The molecule has 1 amide bonds. The van der Waals surface area contributed by atoms with Crippen LogP contribution in [-0.4, -0.2) is 42.3 Å². The zero-order valence-corrected chi connectivity index (χ0v) is 13.1. The predicted molar refractivity (Wildman–Crippen MR) is 77.9 cm³/mol. The number of hydrogen-bond donors (Lipinski definition) is 0. The van der Waals surface area contributed by atoms with Gasteiger partial charge in [0.2, 0.25) is 5.91 Å². The van der Waals surface area contributed by atoms with Crippen LogP contribution >= 0.6 is 0 Å². The topological polar surface area (TPSA) is 55.6 Å². The van der Waals surface area contributed by atoms with Crippen LogP contribution in [0.4, 0.5) is 0 Å². The molecule has 0 aromatic carbocycles. The SMILES string of the molecule is COC1C[C@@H]2CN(C(=O)CCc3c(C)noc3C)C[C@@H]2C1. The molecule has 0 radical (unpaired) electrons. The van der Waals surface area contributed by atoms with Crippen molar-refractivity contribution in [1.29, 1.82) is 0 Å². The van der Waals surface area contributed by atoms with Gasteiger partial charge < -0.3 is 14.2 Å². The van der Waals surface area contributed by atoms with Crippen LogP contribution in [0.15, 0.2) is 4.52 Å². The lowest BCUT2D eigenvalue weighted by Crippen LogP contribution is -2.30. The molecule has 116 valence electrons. The van der Waals surface area contributed by atoms with Crippen LogP contribution in [0.1, 0.15) is 36.3 Å². The first kappa shape index (κ1) is 14.6. The van der Waals surface area contributed by atoms with E-state index in [9.17, 15) is 4.79 Å². The van der Waals surface area contributed by atoms with Crippen LogP contribution in [0.3, 0.4) is 0 Å². The van der Waals surface area contributed by atoms with Gasteiger partial charge in [0.1, 0.15) is 5.76 Å². The van der Waals surface area contributed by atoms with Crippen molar-refractivity contribution in [3.63, 3.8) is 0 Å². The van der Waals surface area contributed by atoms with Gasteiger partial charge in [0.05, 0.1) is 11.8 Å². The summed E-state index contributed by atoms with van der Waals surface area (Å²) < 4.78 is 10.6. The summed E-state index contributed by atoms with van der Waals surface area (Å²) in [6.07, 6.45) is 3.89. The molecule has 1 aliphatic heterocycles. The lowest BCUT2D eigenvalue weighted by molar-refractivity contribution is -0.130. The Balaban J connectivity index is 1.52. The minimum atomic E-state index is 0.262. The fourth-order valence-corrected chi connectivity index (χ4v) is 3.89. The summed E-state index contributed by atoms with van der Waals surface area (Å²) in [5.41, 5.74) is 1.99. The molecule has 2 heterocycles. The number of methoxy groups -OCH3 is 1. The smallest absolute Gasteiger partial charge is 0.222 e. The average Bonchev–Trinajstić information content (AvgIpc) is 3.10. The second-order valence-corrected chi connectivity index (χ2v) is 6.45. The molecule has 2 fully saturated rings. The number of aryl methyl sites for hydroxylation is 2. The fourth-order valence-electron chi connectivity index (χ4n) is 3.89. The maximum Gasteiger partial charge on any atom is 0.222 e. The van der Waals surface area contributed by atoms with Gasteiger partial charge in [-0.25, -0.2) is 0 Å². The normalized spacial score (nSPS) is 28.1. The Morgan fingerprint density at radius 2 is 2.00 bits per heavy atom. The van der Waals surface area contributed by atoms with E-state index in [0.29, 0.717) is 24.4 Å². The first-order valence-electron chi connectivity index (χ1n) is 7.80. The van der Waals surface area contributed by atoms with Crippen molar-refractivity contribution in [3.8, 4) is 0 Å².